The maximum absolute atomic E-state index is 10.4. The minimum absolute atomic E-state index is 0.0741. The van der Waals surface area contributed by atoms with Crippen LogP contribution in [0.2, 0.25) is 0 Å². The van der Waals surface area contributed by atoms with E-state index in [2.05, 4.69) is 0 Å². The van der Waals surface area contributed by atoms with Gasteiger partial charge in [0, 0.05) is 0 Å². The lowest BCUT2D eigenvalue weighted by Gasteiger charge is -1.92. The summed E-state index contributed by atoms with van der Waals surface area (Å²) >= 11 is 0. The SMILES string of the molecule is C/C=C\C(=C/C)S(=O)(=O)O. The molecule has 4 heteroatoms. The highest BCUT2D eigenvalue weighted by atomic mass is 32.2. The Morgan fingerprint density at radius 2 is 1.90 bits per heavy atom. The van der Waals surface area contributed by atoms with Crippen LogP contribution >= 0.6 is 0 Å². The highest BCUT2D eigenvalue weighted by Crippen LogP contribution is 2.04. The van der Waals surface area contributed by atoms with Crippen LogP contribution < -0.4 is 0 Å². The zero-order valence-electron chi connectivity index (χ0n) is 5.90. The molecule has 0 amide bonds. The third-order valence-electron chi connectivity index (χ3n) is 0.913. The molecular weight excluding hydrogens is 152 g/mol. The van der Waals surface area contributed by atoms with Gasteiger partial charge in [0.25, 0.3) is 10.1 Å². The average molecular weight is 162 g/mol. The monoisotopic (exact) mass is 162 g/mol. The van der Waals surface area contributed by atoms with Crippen LogP contribution in [0, 0.1) is 0 Å². The Morgan fingerprint density at radius 3 is 2.00 bits per heavy atom. The molecule has 0 aliphatic heterocycles. The van der Waals surface area contributed by atoms with Crippen LogP contribution in [0.1, 0.15) is 13.8 Å². The lowest BCUT2D eigenvalue weighted by atomic mass is 10.4. The fourth-order valence-electron chi connectivity index (χ4n) is 0.495. The van der Waals surface area contributed by atoms with Crippen molar-refractivity contribution >= 4 is 10.1 Å². The van der Waals surface area contributed by atoms with Crippen LogP contribution in [0.5, 0.6) is 0 Å². The predicted octanol–water partition coefficient (Wildman–Crippen LogP) is 1.35. The van der Waals surface area contributed by atoms with Crippen LogP contribution in [0.4, 0.5) is 0 Å². The van der Waals surface area contributed by atoms with Gasteiger partial charge in [0.15, 0.2) is 0 Å². The zero-order chi connectivity index (χ0) is 8.20. The third-order valence-corrected chi connectivity index (χ3v) is 1.88. The smallest absolute Gasteiger partial charge is 0.282 e. The number of hydrogen-bond donors (Lipinski definition) is 1. The molecule has 0 heterocycles. The van der Waals surface area contributed by atoms with E-state index in [0.29, 0.717) is 0 Å². The highest BCUT2D eigenvalue weighted by Gasteiger charge is 2.06. The second-order valence-corrected chi connectivity index (χ2v) is 3.09. The van der Waals surface area contributed by atoms with Crippen LogP contribution in [-0.2, 0) is 10.1 Å². The molecule has 1 N–H and O–H groups in total. The molecule has 3 nitrogen and oxygen atoms in total. The summed E-state index contributed by atoms with van der Waals surface area (Å²) in [6.45, 7) is 3.22. The molecule has 0 rings (SSSR count). The van der Waals surface area contributed by atoms with E-state index >= 15 is 0 Å². The van der Waals surface area contributed by atoms with Gasteiger partial charge in [-0.3, -0.25) is 4.55 Å². The molecule has 0 aromatic carbocycles. The largest absolute Gasteiger partial charge is 0.294 e. The Kier molecular flexibility index (Phi) is 3.32. The van der Waals surface area contributed by atoms with Crippen LogP contribution in [0.15, 0.2) is 23.1 Å². The second kappa shape index (κ2) is 3.53. The van der Waals surface area contributed by atoms with Crippen LogP contribution in [-0.4, -0.2) is 13.0 Å². The minimum atomic E-state index is -4.00. The maximum Gasteiger partial charge on any atom is 0.294 e. The van der Waals surface area contributed by atoms with Crippen LogP contribution in [0.3, 0.4) is 0 Å². The first-order chi connectivity index (χ1) is 4.52. The summed E-state index contributed by atoms with van der Waals surface area (Å²) in [5, 5.41) is 0. The van der Waals surface area contributed by atoms with Crippen molar-refractivity contribution in [3.05, 3.63) is 23.1 Å². The van der Waals surface area contributed by atoms with E-state index in [1.54, 1.807) is 19.9 Å². The van der Waals surface area contributed by atoms with Gasteiger partial charge >= 0.3 is 0 Å². The number of hydrogen-bond acceptors (Lipinski definition) is 2. The maximum atomic E-state index is 10.4. The standard InChI is InChI=1S/C6H10O3S/c1-3-5-6(4-2)10(7,8)9/h3-5H,1-2H3,(H,7,8,9)/b5-3-,6-4+. The summed E-state index contributed by atoms with van der Waals surface area (Å²) in [7, 11) is -4.00. The molecule has 0 bridgehead atoms. The molecule has 10 heavy (non-hydrogen) atoms. The highest BCUT2D eigenvalue weighted by molar-refractivity contribution is 7.90. The lowest BCUT2D eigenvalue weighted by molar-refractivity contribution is 0.492. The van der Waals surface area contributed by atoms with Gasteiger partial charge in [-0.2, -0.15) is 8.42 Å². The molecule has 0 radical (unpaired) electrons. The first-order valence-electron chi connectivity index (χ1n) is 2.79. The van der Waals surface area contributed by atoms with Gasteiger partial charge in [-0.15, -0.1) is 0 Å². The molecule has 0 aliphatic carbocycles. The molecule has 0 atom stereocenters. The van der Waals surface area contributed by atoms with Crippen molar-refractivity contribution in [1.29, 1.82) is 0 Å². The van der Waals surface area contributed by atoms with E-state index in [1.165, 1.54) is 12.2 Å². The summed E-state index contributed by atoms with van der Waals surface area (Å²) < 4.78 is 29.2. The minimum Gasteiger partial charge on any atom is -0.282 e. The molecule has 0 aromatic rings. The summed E-state index contributed by atoms with van der Waals surface area (Å²) in [6.07, 6.45) is 4.20. The van der Waals surface area contributed by atoms with Gasteiger partial charge in [-0.25, -0.2) is 0 Å². The molecule has 0 spiro atoms. The summed E-state index contributed by atoms with van der Waals surface area (Å²) in [5.41, 5.74) is 0. The number of allylic oxidation sites excluding steroid dienone is 3. The summed E-state index contributed by atoms with van der Waals surface area (Å²) in [6, 6.07) is 0. The zero-order valence-corrected chi connectivity index (χ0v) is 6.72. The van der Waals surface area contributed by atoms with E-state index in [-0.39, 0.29) is 4.91 Å². The Bertz CT molecular complexity index is 246. The Balaban J connectivity index is 4.75. The van der Waals surface area contributed by atoms with Gasteiger partial charge in [0.2, 0.25) is 0 Å². The van der Waals surface area contributed by atoms with E-state index < -0.39 is 10.1 Å². The first-order valence-corrected chi connectivity index (χ1v) is 4.23. The van der Waals surface area contributed by atoms with Crippen molar-refractivity contribution < 1.29 is 13.0 Å². The normalized spacial score (nSPS) is 14.5. The molecular formula is C6H10O3S. The van der Waals surface area contributed by atoms with Crippen molar-refractivity contribution in [2.45, 2.75) is 13.8 Å². The van der Waals surface area contributed by atoms with Crippen molar-refractivity contribution in [1.82, 2.24) is 0 Å². The lowest BCUT2D eigenvalue weighted by Crippen LogP contribution is -1.98. The van der Waals surface area contributed by atoms with Gasteiger partial charge < -0.3 is 0 Å². The van der Waals surface area contributed by atoms with Gasteiger partial charge in [-0.1, -0.05) is 12.2 Å². The average Bonchev–Trinajstić information content (AvgIpc) is 1.80. The summed E-state index contributed by atoms with van der Waals surface area (Å²) in [5.74, 6) is 0. The van der Waals surface area contributed by atoms with E-state index in [4.69, 9.17) is 4.55 Å². The van der Waals surface area contributed by atoms with Crippen molar-refractivity contribution in [3.8, 4) is 0 Å². The molecule has 0 saturated heterocycles. The van der Waals surface area contributed by atoms with Crippen molar-refractivity contribution in [2.24, 2.45) is 0 Å². The fourth-order valence-corrected chi connectivity index (χ4v) is 1.10. The van der Waals surface area contributed by atoms with E-state index in [1.807, 2.05) is 0 Å². The fraction of sp³-hybridized carbons (Fsp3) is 0.333. The molecule has 0 saturated carbocycles. The number of rotatable bonds is 2. The van der Waals surface area contributed by atoms with Gasteiger partial charge in [0.05, 0.1) is 4.91 Å². The summed E-state index contributed by atoms with van der Waals surface area (Å²) in [4.78, 5) is -0.0741. The first kappa shape index (κ1) is 9.39. The molecule has 58 valence electrons. The molecule has 0 aromatic heterocycles. The van der Waals surface area contributed by atoms with E-state index in [9.17, 15) is 8.42 Å². The third kappa shape index (κ3) is 2.80. The Morgan fingerprint density at radius 1 is 1.40 bits per heavy atom. The van der Waals surface area contributed by atoms with Crippen LogP contribution in [0.25, 0.3) is 0 Å². The molecule has 0 unspecified atom stereocenters. The molecule has 0 fully saturated rings. The van der Waals surface area contributed by atoms with Gasteiger partial charge in [0.1, 0.15) is 0 Å². The quantitative estimate of drug-likeness (QED) is 0.492. The van der Waals surface area contributed by atoms with Crippen molar-refractivity contribution in [2.75, 3.05) is 0 Å². The second-order valence-electron chi connectivity index (χ2n) is 1.67. The van der Waals surface area contributed by atoms with E-state index in [0.717, 1.165) is 0 Å². The predicted molar refractivity (Wildman–Crippen MR) is 40.1 cm³/mol. The Labute approximate surface area is 60.8 Å². The topological polar surface area (TPSA) is 54.4 Å². The van der Waals surface area contributed by atoms with Gasteiger partial charge in [-0.05, 0) is 19.9 Å². The van der Waals surface area contributed by atoms with Crippen molar-refractivity contribution in [3.63, 3.8) is 0 Å². The Hall–Kier alpha value is -0.610. The molecule has 0 aliphatic rings.